The Bertz CT molecular complexity index is 1630. The molecule has 206 valence electrons. The molecular formula is C33H36N4O2S. The number of hydrogen-bond donors (Lipinski definition) is 1. The molecule has 5 aromatic rings. The summed E-state index contributed by atoms with van der Waals surface area (Å²) in [4.78, 5) is 22.4. The highest BCUT2D eigenvalue weighted by molar-refractivity contribution is 7.80. The van der Waals surface area contributed by atoms with Crippen LogP contribution in [0, 0.1) is 0 Å². The number of ether oxygens (including phenoxy) is 1. The zero-order chi connectivity index (χ0) is 27.5. The van der Waals surface area contributed by atoms with E-state index in [0.717, 1.165) is 70.8 Å². The molecule has 0 bridgehead atoms. The third-order valence-corrected chi connectivity index (χ3v) is 8.57. The minimum Gasteiger partial charge on any atom is -0.465 e. The van der Waals surface area contributed by atoms with Crippen LogP contribution >= 0.6 is 12.6 Å². The number of fused-ring (bicyclic) bond motifs is 2. The number of carbonyl (C=O) groups excluding carboxylic acids is 1. The number of para-hydroxylation sites is 1. The molecule has 0 unspecified atom stereocenters. The van der Waals surface area contributed by atoms with Gasteiger partial charge in [-0.25, -0.2) is 14.8 Å². The van der Waals surface area contributed by atoms with Gasteiger partial charge in [-0.05, 0) is 61.6 Å². The fraction of sp³-hybridized carbons (Fsp3) is 0.364. The lowest BCUT2D eigenvalue weighted by Gasteiger charge is -2.24. The van der Waals surface area contributed by atoms with Crippen molar-refractivity contribution in [2.24, 2.45) is 0 Å². The lowest BCUT2D eigenvalue weighted by Crippen LogP contribution is -2.13. The molecule has 3 aromatic carbocycles. The van der Waals surface area contributed by atoms with Crippen LogP contribution in [0.1, 0.15) is 73.3 Å². The highest BCUT2D eigenvalue weighted by atomic mass is 32.1. The molecule has 0 amide bonds. The lowest BCUT2D eigenvalue weighted by atomic mass is 9.96. The van der Waals surface area contributed by atoms with E-state index in [1.807, 2.05) is 18.2 Å². The SMILES string of the molecule is COC(=O)c1ccc2c(c1)nc(-c1cccc3nc(S)n(CCCc4ccccc4)c13)n2C1CCCCCCC1. The maximum absolute atomic E-state index is 12.4. The van der Waals surface area contributed by atoms with Gasteiger partial charge in [-0.3, -0.25) is 0 Å². The summed E-state index contributed by atoms with van der Waals surface area (Å²) in [6.07, 6.45) is 10.5. The minimum absolute atomic E-state index is 0.345. The van der Waals surface area contributed by atoms with Crippen LogP contribution in [0.3, 0.4) is 0 Å². The highest BCUT2D eigenvalue weighted by Gasteiger charge is 2.25. The summed E-state index contributed by atoms with van der Waals surface area (Å²) >= 11 is 4.80. The molecule has 0 N–H and O–H groups in total. The first kappa shape index (κ1) is 26.6. The normalized spacial score (nSPS) is 14.8. The Hall–Kier alpha value is -3.58. The van der Waals surface area contributed by atoms with Crippen molar-refractivity contribution in [1.29, 1.82) is 0 Å². The van der Waals surface area contributed by atoms with Gasteiger partial charge in [-0.1, -0.05) is 68.5 Å². The van der Waals surface area contributed by atoms with Crippen LogP contribution in [0.5, 0.6) is 0 Å². The molecule has 40 heavy (non-hydrogen) atoms. The Balaban J connectivity index is 1.47. The van der Waals surface area contributed by atoms with Gasteiger partial charge < -0.3 is 13.9 Å². The van der Waals surface area contributed by atoms with Crippen molar-refractivity contribution in [1.82, 2.24) is 19.1 Å². The molecule has 7 heteroatoms. The molecule has 0 atom stereocenters. The van der Waals surface area contributed by atoms with E-state index in [-0.39, 0.29) is 5.97 Å². The number of nitrogens with zero attached hydrogens (tertiary/aromatic N) is 4. The van der Waals surface area contributed by atoms with Gasteiger partial charge in [0, 0.05) is 18.2 Å². The molecule has 2 heterocycles. The highest BCUT2D eigenvalue weighted by Crippen LogP contribution is 2.38. The van der Waals surface area contributed by atoms with Gasteiger partial charge in [0.25, 0.3) is 0 Å². The fourth-order valence-corrected chi connectivity index (χ4v) is 6.56. The Morgan fingerprint density at radius 3 is 2.48 bits per heavy atom. The van der Waals surface area contributed by atoms with E-state index in [9.17, 15) is 4.79 Å². The van der Waals surface area contributed by atoms with E-state index >= 15 is 0 Å². The van der Waals surface area contributed by atoms with Crippen LogP contribution in [0.15, 0.2) is 71.9 Å². The maximum Gasteiger partial charge on any atom is 0.337 e. The second kappa shape index (κ2) is 11.9. The average molecular weight is 553 g/mol. The fourth-order valence-electron chi connectivity index (χ4n) is 6.25. The number of hydrogen-bond acceptors (Lipinski definition) is 5. The topological polar surface area (TPSA) is 61.9 Å². The number of aromatic nitrogens is 4. The summed E-state index contributed by atoms with van der Waals surface area (Å²) in [5.41, 5.74) is 6.78. The Morgan fingerprint density at radius 1 is 0.925 bits per heavy atom. The first-order valence-corrected chi connectivity index (χ1v) is 14.9. The Kier molecular flexibility index (Phi) is 7.91. The van der Waals surface area contributed by atoms with E-state index in [0.29, 0.717) is 11.6 Å². The summed E-state index contributed by atoms with van der Waals surface area (Å²) in [6, 6.07) is 23.0. The van der Waals surface area contributed by atoms with Crippen molar-refractivity contribution in [2.45, 2.75) is 75.5 Å². The predicted octanol–water partition coefficient (Wildman–Crippen LogP) is 8.05. The van der Waals surface area contributed by atoms with Crippen LogP contribution in [-0.2, 0) is 17.7 Å². The Labute approximate surface area is 240 Å². The van der Waals surface area contributed by atoms with E-state index in [4.69, 9.17) is 27.3 Å². The second-order valence-corrected chi connectivity index (χ2v) is 11.2. The average Bonchev–Trinajstić information content (AvgIpc) is 3.50. The number of thiol groups is 1. The van der Waals surface area contributed by atoms with E-state index in [1.165, 1.54) is 44.8 Å². The molecule has 1 fully saturated rings. The van der Waals surface area contributed by atoms with E-state index in [2.05, 4.69) is 57.7 Å². The molecule has 0 saturated heterocycles. The van der Waals surface area contributed by atoms with E-state index in [1.54, 1.807) is 0 Å². The third-order valence-electron chi connectivity index (χ3n) is 8.23. The van der Waals surface area contributed by atoms with Gasteiger partial charge in [-0.2, -0.15) is 0 Å². The molecule has 0 aliphatic heterocycles. The summed E-state index contributed by atoms with van der Waals surface area (Å²) in [6.45, 7) is 0.817. The van der Waals surface area contributed by atoms with Crippen molar-refractivity contribution in [3.05, 3.63) is 77.9 Å². The molecule has 0 radical (unpaired) electrons. The van der Waals surface area contributed by atoms with Crippen molar-refractivity contribution >= 4 is 40.7 Å². The number of benzene rings is 3. The summed E-state index contributed by atoms with van der Waals surface area (Å²) in [7, 11) is 1.42. The number of esters is 1. The summed E-state index contributed by atoms with van der Waals surface area (Å²) in [5, 5.41) is 0.720. The zero-order valence-corrected chi connectivity index (χ0v) is 23.9. The predicted molar refractivity (Wildman–Crippen MR) is 163 cm³/mol. The van der Waals surface area contributed by atoms with Crippen LogP contribution in [0.25, 0.3) is 33.5 Å². The quantitative estimate of drug-likeness (QED) is 0.164. The van der Waals surface area contributed by atoms with Crippen LogP contribution in [0.2, 0.25) is 0 Å². The number of carbonyl (C=O) groups is 1. The monoisotopic (exact) mass is 552 g/mol. The summed E-state index contributed by atoms with van der Waals surface area (Å²) < 4.78 is 9.68. The van der Waals surface area contributed by atoms with Gasteiger partial charge >= 0.3 is 5.97 Å². The first-order valence-electron chi connectivity index (χ1n) is 14.5. The van der Waals surface area contributed by atoms with Crippen molar-refractivity contribution < 1.29 is 9.53 Å². The van der Waals surface area contributed by atoms with Crippen LogP contribution in [0.4, 0.5) is 0 Å². The number of aryl methyl sites for hydroxylation is 2. The van der Waals surface area contributed by atoms with Crippen molar-refractivity contribution in [3.8, 4) is 11.4 Å². The molecule has 1 saturated carbocycles. The van der Waals surface area contributed by atoms with Crippen molar-refractivity contribution in [2.75, 3.05) is 7.11 Å². The standard InChI is InChI=1S/C33H36N4O2S/c1-39-32(38)24-19-20-29-28(22-24)34-31(37(29)25-15-8-3-2-4-9-16-25)26-17-10-18-27-30(26)36(33(40)35-27)21-11-14-23-12-6-5-7-13-23/h5-7,10,12-13,17-20,22,25H,2-4,8-9,11,14-16,21H2,1H3,(H,35,40). The smallest absolute Gasteiger partial charge is 0.337 e. The van der Waals surface area contributed by atoms with Crippen LogP contribution in [-0.4, -0.2) is 32.2 Å². The Morgan fingerprint density at radius 2 is 1.70 bits per heavy atom. The first-order chi connectivity index (χ1) is 19.6. The molecular weight excluding hydrogens is 516 g/mol. The van der Waals surface area contributed by atoms with Crippen molar-refractivity contribution in [3.63, 3.8) is 0 Å². The molecule has 6 nitrogen and oxygen atoms in total. The minimum atomic E-state index is -0.345. The molecule has 1 aliphatic carbocycles. The largest absolute Gasteiger partial charge is 0.465 e. The van der Waals surface area contributed by atoms with Gasteiger partial charge in [0.15, 0.2) is 5.16 Å². The summed E-state index contributed by atoms with van der Waals surface area (Å²) in [5.74, 6) is 0.591. The van der Waals surface area contributed by atoms with Gasteiger partial charge in [0.2, 0.25) is 0 Å². The lowest BCUT2D eigenvalue weighted by molar-refractivity contribution is 0.0601. The zero-order valence-electron chi connectivity index (χ0n) is 23.1. The third kappa shape index (κ3) is 5.27. The number of rotatable bonds is 7. The maximum atomic E-state index is 12.4. The second-order valence-electron chi connectivity index (χ2n) is 10.8. The number of methoxy groups -OCH3 is 1. The van der Waals surface area contributed by atoms with Gasteiger partial charge in [0.1, 0.15) is 5.82 Å². The molecule has 1 aliphatic rings. The van der Waals surface area contributed by atoms with Gasteiger partial charge in [-0.15, -0.1) is 12.6 Å². The molecule has 2 aromatic heterocycles. The molecule has 0 spiro atoms. The number of imidazole rings is 2. The van der Waals surface area contributed by atoms with E-state index < -0.39 is 0 Å². The van der Waals surface area contributed by atoms with Gasteiger partial charge in [0.05, 0.1) is 34.7 Å². The molecule has 6 rings (SSSR count). The van der Waals surface area contributed by atoms with Crippen LogP contribution < -0.4 is 0 Å².